The summed E-state index contributed by atoms with van der Waals surface area (Å²) in [7, 11) is 1.79. The molecule has 0 amide bonds. The molecule has 0 aliphatic heterocycles. The second-order valence-electron chi connectivity index (χ2n) is 7.37. The molecule has 0 aliphatic carbocycles. The fourth-order valence-electron chi connectivity index (χ4n) is 3.52. The molecule has 0 unspecified atom stereocenters. The maximum Gasteiger partial charge on any atom is 0.343 e. The van der Waals surface area contributed by atoms with Crippen molar-refractivity contribution in [3.8, 4) is 0 Å². The molecule has 1 aromatic carbocycles. The zero-order valence-electron chi connectivity index (χ0n) is 18.7. The predicted octanol–water partition coefficient (Wildman–Crippen LogP) is 4.09. The van der Waals surface area contributed by atoms with Crippen LogP contribution in [0, 0.1) is 11.6 Å². The van der Waals surface area contributed by atoms with Crippen molar-refractivity contribution in [2.75, 3.05) is 17.2 Å². The van der Waals surface area contributed by atoms with E-state index >= 15 is 0 Å². The summed E-state index contributed by atoms with van der Waals surface area (Å²) >= 11 is 0. The number of fused-ring (bicyclic) bond motifs is 1. The summed E-state index contributed by atoms with van der Waals surface area (Å²) in [4.78, 5) is 33.9. The molecule has 4 rings (SSSR count). The molecule has 3 aromatic heterocycles. The zero-order chi connectivity index (χ0) is 24.4. The molecule has 0 fully saturated rings. The summed E-state index contributed by atoms with van der Waals surface area (Å²) in [6.45, 7) is 4.15. The van der Waals surface area contributed by atoms with Gasteiger partial charge in [0.15, 0.2) is 5.82 Å². The smallest absolute Gasteiger partial charge is 0.343 e. The molecular weight excluding hydrogens is 446 g/mol. The lowest BCUT2D eigenvalue weighted by atomic mass is 10.2. The lowest BCUT2D eigenvalue weighted by Crippen LogP contribution is -2.19. The minimum atomic E-state index is -0.832. The largest absolute Gasteiger partial charge is 0.462 e. The van der Waals surface area contributed by atoms with Gasteiger partial charge in [-0.25, -0.2) is 18.6 Å². The van der Waals surface area contributed by atoms with Crippen molar-refractivity contribution in [1.82, 2.24) is 19.1 Å². The SMILES string of the molecule is CCOC(=O)c1cnc(Nc2ccc(F)cc2F)nc1Nc1cn(C)c2ccn(CC)c(=O)c12. The van der Waals surface area contributed by atoms with Crippen molar-refractivity contribution in [3.63, 3.8) is 0 Å². The number of carbonyl (C=O) groups is 1. The number of hydrogen-bond acceptors (Lipinski definition) is 7. The van der Waals surface area contributed by atoms with Gasteiger partial charge >= 0.3 is 5.97 Å². The van der Waals surface area contributed by atoms with Crippen molar-refractivity contribution in [2.24, 2.45) is 7.05 Å². The minimum absolute atomic E-state index is 0.0238. The highest BCUT2D eigenvalue weighted by molar-refractivity contribution is 5.99. The lowest BCUT2D eigenvalue weighted by molar-refractivity contribution is 0.0526. The molecule has 2 N–H and O–H groups in total. The van der Waals surface area contributed by atoms with Crippen LogP contribution < -0.4 is 16.2 Å². The number of esters is 1. The molecule has 0 saturated carbocycles. The number of halogens is 2. The van der Waals surface area contributed by atoms with Gasteiger partial charge in [0.2, 0.25) is 5.95 Å². The van der Waals surface area contributed by atoms with Crippen molar-refractivity contribution >= 4 is 40.0 Å². The Morgan fingerprint density at radius 2 is 1.94 bits per heavy atom. The Balaban J connectivity index is 1.80. The van der Waals surface area contributed by atoms with Crippen LogP contribution in [-0.4, -0.2) is 31.7 Å². The van der Waals surface area contributed by atoms with E-state index in [0.717, 1.165) is 12.1 Å². The van der Waals surface area contributed by atoms with Crippen LogP contribution in [0.2, 0.25) is 0 Å². The third-order valence-corrected chi connectivity index (χ3v) is 5.17. The first kappa shape index (κ1) is 22.9. The van der Waals surface area contributed by atoms with Gasteiger partial charge in [0, 0.05) is 38.2 Å². The Bertz CT molecular complexity index is 1450. The number of nitrogens with zero attached hydrogens (tertiary/aromatic N) is 4. The predicted molar refractivity (Wildman–Crippen MR) is 124 cm³/mol. The number of pyridine rings is 1. The Morgan fingerprint density at radius 3 is 2.65 bits per heavy atom. The maximum absolute atomic E-state index is 14.1. The number of hydrogen-bond donors (Lipinski definition) is 2. The monoisotopic (exact) mass is 468 g/mol. The van der Waals surface area contributed by atoms with Gasteiger partial charge in [0.25, 0.3) is 5.56 Å². The summed E-state index contributed by atoms with van der Waals surface area (Å²) in [5, 5.41) is 6.12. The molecule has 176 valence electrons. The molecule has 3 heterocycles. The van der Waals surface area contributed by atoms with Gasteiger partial charge < -0.3 is 24.5 Å². The number of ether oxygens (including phenoxy) is 1. The van der Waals surface area contributed by atoms with E-state index in [1.54, 1.807) is 35.5 Å². The standard InChI is InChI=1S/C23H22F2N6O3/c1-4-31-9-8-18-19(21(31)32)17(12-30(18)3)27-20-14(22(33)34-5-2)11-26-23(29-20)28-16-7-6-13(24)10-15(16)25/h6-12H,4-5H2,1-3H3,(H2,26,27,28,29). The minimum Gasteiger partial charge on any atom is -0.462 e. The van der Waals surface area contributed by atoms with Crippen molar-refractivity contribution < 1.29 is 18.3 Å². The molecule has 0 radical (unpaired) electrons. The fraction of sp³-hybridized carbons (Fsp3) is 0.217. The van der Waals surface area contributed by atoms with E-state index in [1.807, 2.05) is 13.0 Å². The molecule has 0 saturated heterocycles. The second kappa shape index (κ2) is 9.30. The van der Waals surface area contributed by atoms with E-state index in [2.05, 4.69) is 20.6 Å². The van der Waals surface area contributed by atoms with Crippen LogP contribution in [0.15, 0.2) is 47.7 Å². The number of rotatable bonds is 7. The van der Waals surface area contributed by atoms with Crippen LogP contribution in [0.4, 0.5) is 31.9 Å². The van der Waals surface area contributed by atoms with Gasteiger partial charge in [-0.05, 0) is 32.0 Å². The van der Waals surface area contributed by atoms with E-state index in [4.69, 9.17) is 4.74 Å². The highest BCUT2D eigenvalue weighted by Crippen LogP contribution is 2.28. The number of anilines is 4. The van der Waals surface area contributed by atoms with Crippen LogP contribution in [0.25, 0.3) is 10.9 Å². The number of aromatic nitrogens is 4. The molecule has 9 nitrogen and oxygen atoms in total. The Morgan fingerprint density at radius 1 is 1.15 bits per heavy atom. The highest BCUT2D eigenvalue weighted by Gasteiger charge is 2.20. The molecule has 11 heteroatoms. The van der Waals surface area contributed by atoms with Crippen molar-refractivity contribution in [2.45, 2.75) is 20.4 Å². The average molecular weight is 468 g/mol. The van der Waals surface area contributed by atoms with Crippen molar-refractivity contribution in [3.05, 3.63) is 70.4 Å². The number of aryl methyl sites for hydroxylation is 2. The third-order valence-electron chi connectivity index (χ3n) is 5.17. The third kappa shape index (κ3) is 4.32. The normalized spacial score (nSPS) is 11.0. The quantitative estimate of drug-likeness (QED) is 0.394. The molecule has 0 bridgehead atoms. The van der Waals surface area contributed by atoms with Gasteiger partial charge in [-0.3, -0.25) is 4.79 Å². The van der Waals surface area contributed by atoms with Crippen molar-refractivity contribution in [1.29, 1.82) is 0 Å². The van der Waals surface area contributed by atoms with Gasteiger partial charge in [0.1, 0.15) is 17.2 Å². The Hall–Kier alpha value is -4.28. The number of carbonyl (C=O) groups excluding carboxylic acids is 1. The van der Waals surface area contributed by atoms with Crippen LogP contribution in [0.5, 0.6) is 0 Å². The molecule has 0 aliphatic rings. The first-order valence-corrected chi connectivity index (χ1v) is 10.5. The van der Waals surface area contributed by atoms with Gasteiger partial charge in [-0.1, -0.05) is 0 Å². The first-order valence-electron chi connectivity index (χ1n) is 10.5. The van der Waals surface area contributed by atoms with Gasteiger partial charge in [-0.2, -0.15) is 4.98 Å². The topological polar surface area (TPSA) is 103 Å². The summed E-state index contributed by atoms with van der Waals surface area (Å²) in [6, 6.07) is 4.84. The summed E-state index contributed by atoms with van der Waals surface area (Å²) in [5.41, 5.74) is 0.883. The van der Waals surface area contributed by atoms with E-state index < -0.39 is 17.6 Å². The van der Waals surface area contributed by atoms with E-state index in [-0.39, 0.29) is 35.2 Å². The molecule has 34 heavy (non-hydrogen) atoms. The number of benzene rings is 1. The molecule has 4 aromatic rings. The summed E-state index contributed by atoms with van der Waals surface area (Å²) < 4.78 is 35.8. The van der Waals surface area contributed by atoms with Gasteiger partial charge in [-0.15, -0.1) is 0 Å². The maximum atomic E-state index is 14.1. The Kier molecular flexibility index (Phi) is 6.26. The van der Waals surface area contributed by atoms with Crippen LogP contribution in [-0.2, 0) is 18.3 Å². The van der Waals surface area contributed by atoms with Crippen LogP contribution in [0.1, 0.15) is 24.2 Å². The average Bonchev–Trinajstić information content (AvgIpc) is 3.12. The van der Waals surface area contributed by atoms with E-state index in [1.165, 1.54) is 12.3 Å². The van der Waals surface area contributed by atoms with Crippen LogP contribution in [0.3, 0.4) is 0 Å². The van der Waals surface area contributed by atoms with E-state index in [0.29, 0.717) is 23.1 Å². The first-order chi connectivity index (χ1) is 16.3. The fourth-order valence-corrected chi connectivity index (χ4v) is 3.52. The lowest BCUT2D eigenvalue weighted by Gasteiger charge is -2.12. The highest BCUT2D eigenvalue weighted by atomic mass is 19.1. The second-order valence-corrected chi connectivity index (χ2v) is 7.37. The summed E-state index contributed by atoms with van der Waals surface area (Å²) in [6.07, 6.45) is 4.64. The zero-order valence-corrected chi connectivity index (χ0v) is 18.7. The molecular formula is C23H22F2N6O3. The number of nitrogens with one attached hydrogen (secondary N) is 2. The van der Waals surface area contributed by atoms with Gasteiger partial charge in [0.05, 0.1) is 28.9 Å². The Labute approximate surface area is 193 Å². The molecule has 0 atom stereocenters. The molecule has 0 spiro atoms. The summed E-state index contributed by atoms with van der Waals surface area (Å²) in [5.74, 6) is -2.22. The van der Waals surface area contributed by atoms with E-state index in [9.17, 15) is 18.4 Å². The van der Waals surface area contributed by atoms with Crippen LogP contribution >= 0.6 is 0 Å².